The van der Waals surface area contributed by atoms with Crippen molar-refractivity contribution in [1.82, 2.24) is 5.32 Å². The highest BCUT2D eigenvalue weighted by Crippen LogP contribution is 2.43. The van der Waals surface area contributed by atoms with Gasteiger partial charge in [0.2, 0.25) is 0 Å². The maximum atomic E-state index is 8.96. The summed E-state index contributed by atoms with van der Waals surface area (Å²) >= 11 is 0. The molecule has 1 aliphatic rings. The summed E-state index contributed by atoms with van der Waals surface area (Å²) in [4.78, 5) is 0. The van der Waals surface area contributed by atoms with Crippen molar-refractivity contribution in [2.75, 3.05) is 13.1 Å². The Hall–Kier alpha value is -1.55. The Morgan fingerprint density at radius 3 is 2.60 bits per heavy atom. The zero-order valence-corrected chi connectivity index (χ0v) is 12.2. The van der Waals surface area contributed by atoms with Crippen molar-refractivity contribution in [3.05, 3.63) is 35.9 Å². The molecule has 1 aromatic rings. The van der Waals surface area contributed by atoms with Crippen molar-refractivity contribution in [1.29, 1.82) is 0 Å². The fourth-order valence-corrected chi connectivity index (χ4v) is 2.96. The van der Waals surface area contributed by atoms with Crippen LogP contribution in [0.3, 0.4) is 0 Å². The number of hydrogen-bond donors (Lipinski definition) is 3. The van der Waals surface area contributed by atoms with Crippen molar-refractivity contribution >= 4 is 5.84 Å². The molecule has 1 aliphatic carbocycles. The molecule has 1 fully saturated rings. The SMILES string of the molecule is CCC1(CNCC(/C(N)=N/O)c2ccccc2)CCC1. The summed E-state index contributed by atoms with van der Waals surface area (Å²) in [6, 6.07) is 9.96. The molecule has 1 saturated carbocycles. The van der Waals surface area contributed by atoms with Crippen LogP contribution < -0.4 is 11.1 Å². The average molecular weight is 275 g/mol. The van der Waals surface area contributed by atoms with E-state index in [1.54, 1.807) is 0 Å². The van der Waals surface area contributed by atoms with Crippen LogP contribution in [0.2, 0.25) is 0 Å². The van der Waals surface area contributed by atoms with Gasteiger partial charge in [-0.05, 0) is 30.2 Å². The lowest BCUT2D eigenvalue weighted by Gasteiger charge is -2.41. The smallest absolute Gasteiger partial charge is 0.147 e. The Bertz CT molecular complexity index is 435. The minimum Gasteiger partial charge on any atom is -0.409 e. The monoisotopic (exact) mass is 275 g/mol. The van der Waals surface area contributed by atoms with E-state index in [1.807, 2.05) is 30.3 Å². The lowest BCUT2D eigenvalue weighted by molar-refractivity contribution is 0.124. The molecule has 1 aromatic carbocycles. The van der Waals surface area contributed by atoms with Crippen LogP contribution in [-0.2, 0) is 0 Å². The summed E-state index contributed by atoms with van der Waals surface area (Å²) in [7, 11) is 0. The van der Waals surface area contributed by atoms with Crippen LogP contribution in [0.15, 0.2) is 35.5 Å². The van der Waals surface area contributed by atoms with Crippen molar-refractivity contribution in [3.8, 4) is 0 Å². The molecule has 0 amide bonds. The zero-order chi connectivity index (χ0) is 14.4. The first-order valence-corrected chi connectivity index (χ1v) is 7.44. The predicted molar refractivity (Wildman–Crippen MR) is 82.0 cm³/mol. The van der Waals surface area contributed by atoms with Gasteiger partial charge in [-0.1, -0.05) is 48.8 Å². The number of rotatable bonds is 7. The van der Waals surface area contributed by atoms with Crippen molar-refractivity contribution in [3.63, 3.8) is 0 Å². The number of hydrogen-bond acceptors (Lipinski definition) is 3. The summed E-state index contributed by atoms with van der Waals surface area (Å²) in [5, 5.41) is 15.7. The highest BCUT2D eigenvalue weighted by atomic mass is 16.4. The Balaban J connectivity index is 1.95. The largest absolute Gasteiger partial charge is 0.409 e. The molecule has 4 nitrogen and oxygen atoms in total. The van der Waals surface area contributed by atoms with E-state index in [2.05, 4.69) is 17.4 Å². The van der Waals surface area contributed by atoms with Gasteiger partial charge in [0.05, 0.1) is 5.92 Å². The van der Waals surface area contributed by atoms with E-state index in [4.69, 9.17) is 10.9 Å². The van der Waals surface area contributed by atoms with E-state index < -0.39 is 0 Å². The molecule has 4 N–H and O–H groups in total. The molecule has 2 rings (SSSR count). The second kappa shape index (κ2) is 6.75. The van der Waals surface area contributed by atoms with E-state index in [0.717, 1.165) is 12.1 Å². The van der Waals surface area contributed by atoms with E-state index in [9.17, 15) is 0 Å². The van der Waals surface area contributed by atoms with E-state index in [0.29, 0.717) is 12.0 Å². The molecule has 0 bridgehead atoms. The highest BCUT2D eigenvalue weighted by molar-refractivity contribution is 5.87. The molecule has 0 spiro atoms. The third kappa shape index (κ3) is 3.31. The Morgan fingerprint density at radius 1 is 1.40 bits per heavy atom. The maximum absolute atomic E-state index is 8.96. The maximum Gasteiger partial charge on any atom is 0.147 e. The standard InChI is InChI=1S/C16H25N3O/c1-2-16(9-6-10-16)12-18-11-14(15(17)19-20)13-7-4-3-5-8-13/h3-5,7-8,14,18,20H,2,6,9-12H2,1H3,(H2,17,19). The van der Waals surface area contributed by atoms with Gasteiger partial charge in [-0.15, -0.1) is 0 Å². The van der Waals surface area contributed by atoms with Crippen LogP contribution in [0.25, 0.3) is 0 Å². The van der Waals surface area contributed by atoms with Crippen LogP contribution in [-0.4, -0.2) is 24.1 Å². The first kappa shape index (κ1) is 14.9. The lowest BCUT2D eigenvalue weighted by atomic mass is 9.67. The first-order chi connectivity index (χ1) is 9.71. The van der Waals surface area contributed by atoms with Crippen LogP contribution in [0.1, 0.15) is 44.1 Å². The third-order valence-corrected chi connectivity index (χ3v) is 4.69. The minimum absolute atomic E-state index is 0.0739. The van der Waals surface area contributed by atoms with Crippen molar-refractivity contribution in [2.24, 2.45) is 16.3 Å². The molecule has 0 saturated heterocycles. The minimum atomic E-state index is -0.0739. The van der Waals surface area contributed by atoms with Crippen molar-refractivity contribution < 1.29 is 5.21 Å². The van der Waals surface area contributed by atoms with E-state index >= 15 is 0 Å². The van der Waals surface area contributed by atoms with E-state index in [1.165, 1.54) is 25.7 Å². The number of benzene rings is 1. The van der Waals surface area contributed by atoms with Gasteiger partial charge in [-0.3, -0.25) is 0 Å². The quantitative estimate of drug-likeness (QED) is 0.310. The topological polar surface area (TPSA) is 70.6 Å². The summed E-state index contributed by atoms with van der Waals surface area (Å²) in [5.41, 5.74) is 7.39. The van der Waals surface area contributed by atoms with Crippen LogP contribution in [0.5, 0.6) is 0 Å². The molecular weight excluding hydrogens is 250 g/mol. The second-order valence-electron chi connectivity index (χ2n) is 5.83. The number of nitrogens with zero attached hydrogens (tertiary/aromatic N) is 1. The average Bonchev–Trinajstić information content (AvgIpc) is 2.46. The van der Waals surface area contributed by atoms with Gasteiger partial charge in [0.1, 0.15) is 5.84 Å². The van der Waals surface area contributed by atoms with Gasteiger partial charge in [-0.2, -0.15) is 0 Å². The molecule has 4 heteroatoms. The number of amidine groups is 1. The Morgan fingerprint density at radius 2 is 2.10 bits per heavy atom. The van der Waals surface area contributed by atoms with Gasteiger partial charge >= 0.3 is 0 Å². The molecular formula is C16H25N3O. The highest BCUT2D eigenvalue weighted by Gasteiger charge is 2.34. The predicted octanol–water partition coefficient (Wildman–Crippen LogP) is 2.69. The van der Waals surface area contributed by atoms with Crippen molar-refractivity contribution in [2.45, 2.75) is 38.5 Å². The summed E-state index contributed by atoms with van der Waals surface area (Å²) in [6.07, 6.45) is 5.20. The molecule has 0 heterocycles. The molecule has 0 aliphatic heterocycles. The van der Waals surface area contributed by atoms with Gasteiger partial charge < -0.3 is 16.3 Å². The van der Waals surface area contributed by atoms with Crippen LogP contribution in [0.4, 0.5) is 0 Å². The Kier molecular flexibility index (Phi) is 5.01. The van der Waals surface area contributed by atoms with Gasteiger partial charge in [0.25, 0.3) is 0 Å². The fraction of sp³-hybridized carbons (Fsp3) is 0.562. The number of nitrogens with one attached hydrogen (secondary N) is 1. The van der Waals surface area contributed by atoms with E-state index in [-0.39, 0.29) is 11.8 Å². The first-order valence-electron chi connectivity index (χ1n) is 7.44. The van der Waals surface area contributed by atoms with Gasteiger partial charge in [0, 0.05) is 13.1 Å². The molecule has 0 radical (unpaired) electrons. The molecule has 20 heavy (non-hydrogen) atoms. The summed E-state index contributed by atoms with van der Waals surface area (Å²) in [5.74, 6) is 0.193. The second-order valence-corrected chi connectivity index (χ2v) is 5.83. The molecule has 110 valence electrons. The molecule has 0 aromatic heterocycles. The van der Waals surface area contributed by atoms with Gasteiger partial charge in [-0.25, -0.2) is 0 Å². The Labute approximate surface area is 121 Å². The number of oxime groups is 1. The molecule has 1 atom stereocenters. The van der Waals surface area contributed by atoms with Gasteiger partial charge in [0.15, 0.2) is 0 Å². The fourth-order valence-electron chi connectivity index (χ4n) is 2.96. The third-order valence-electron chi connectivity index (χ3n) is 4.69. The van der Waals surface area contributed by atoms with Crippen LogP contribution >= 0.6 is 0 Å². The normalized spacial score (nSPS) is 19.4. The zero-order valence-electron chi connectivity index (χ0n) is 12.2. The van der Waals surface area contributed by atoms with Crippen LogP contribution in [0, 0.1) is 5.41 Å². The summed E-state index contributed by atoms with van der Waals surface area (Å²) < 4.78 is 0. The number of nitrogens with two attached hydrogens (primary N) is 1. The lowest BCUT2D eigenvalue weighted by Crippen LogP contribution is -2.42. The summed E-state index contributed by atoms with van der Waals surface area (Å²) in [6.45, 7) is 3.99. The molecule has 1 unspecified atom stereocenters.